The third-order valence-corrected chi connectivity index (χ3v) is 3.00. The van der Waals surface area contributed by atoms with Crippen LogP contribution in [0.15, 0.2) is 4.52 Å². The predicted molar refractivity (Wildman–Crippen MR) is 75.0 cm³/mol. The molecule has 7 nitrogen and oxygen atoms in total. The molecule has 0 aliphatic carbocycles. The zero-order chi connectivity index (χ0) is 14.0. The summed E-state index contributed by atoms with van der Waals surface area (Å²) in [6, 6.07) is 0. The van der Waals surface area contributed by atoms with E-state index in [-0.39, 0.29) is 8.96 Å². The van der Waals surface area contributed by atoms with Gasteiger partial charge in [-0.25, -0.2) is 0 Å². The van der Waals surface area contributed by atoms with Crippen LogP contribution in [0.3, 0.4) is 0 Å². The van der Waals surface area contributed by atoms with E-state index in [4.69, 9.17) is 28.0 Å². The van der Waals surface area contributed by atoms with Crippen LogP contribution in [-0.4, -0.2) is 67.1 Å². The van der Waals surface area contributed by atoms with E-state index >= 15 is 0 Å². The van der Waals surface area contributed by atoms with Crippen LogP contribution in [0.5, 0.6) is 0 Å². The Morgan fingerprint density at radius 3 is 2.00 bits per heavy atom. The molecule has 0 saturated heterocycles. The van der Waals surface area contributed by atoms with Gasteiger partial charge in [-0.2, -0.15) is 4.52 Å². The van der Waals surface area contributed by atoms with Crippen molar-refractivity contribution >= 4 is 17.6 Å². The lowest BCUT2D eigenvalue weighted by Gasteiger charge is -2.02. The second kappa shape index (κ2) is 18.3. The van der Waals surface area contributed by atoms with E-state index < -0.39 is 0 Å². The van der Waals surface area contributed by atoms with Crippen LogP contribution >= 0.6 is 17.6 Å². The van der Waals surface area contributed by atoms with Crippen LogP contribution in [0.4, 0.5) is 0 Å². The zero-order valence-electron chi connectivity index (χ0n) is 11.5. The first-order chi connectivity index (χ1) is 9.41. The van der Waals surface area contributed by atoms with Crippen LogP contribution in [0.1, 0.15) is 0 Å². The maximum Gasteiger partial charge on any atom is 0.178 e. The standard InChI is InChI=1S/C10H23NO6P2/c1-12-3-5-14-7-9-16-18-11-19-17-10-8-15-6-4-13-2/h18H,3-10H2,1-2H3. The summed E-state index contributed by atoms with van der Waals surface area (Å²) in [5.74, 6) is 0. The Balaban J connectivity index is 3.01. The van der Waals surface area contributed by atoms with Crippen LogP contribution in [0.25, 0.3) is 0 Å². The van der Waals surface area contributed by atoms with Gasteiger partial charge in [0.05, 0.1) is 52.9 Å². The molecule has 0 aliphatic heterocycles. The Labute approximate surface area is 118 Å². The number of methoxy groups -OCH3 is 2. The van der Waals surface area contributed by atoms with Crippen molar-refractivity contribution in [3.05, 3.63) is 0 Å². The van der Waals surface area contributed by atoms with Gasteiger partial charge < -0.3 is 28.0 Å². The molecule has 0 spiro atoms. The smallest absolute Gasteiger partial charge is 0.178 e. The fourth-order valence-corrected chi connectivity index (χ4v) is 1.77. The van der Waals surface area contributed by atoms with E-state index in [0.29, 0.717) is 61.5 Å². The predicted octanol–water partition coefficient (Wildman–Crippen LogP) is 1.90. The van der Waals surface area contributed by atoms with Gasteiger partial charge in [-0.3, -0.25) is 0 Å². The molecule has 9 heteroatoms. The van der Waals surface area contributed by atoms with Crippen molar-refractivity contribution in [3.63, 3.8) is 0 Å². The van der Waals surface area contributed by atoms with Crippen LogP contribution in [0.2, 0.25) is 0 Å². The van der Waals surface area contributed by atoms with E-state index in [1.165, 1.54) is 0 Å². The first-order valence-corrected chi connectivity index (χ1v) is 7.56. The third-order valence-electron chi connectivity index (χ3n) is 1.72. The number of hydrogen-bond donors (Lipinski definition) is 0. The minimum absolute atomic E-state index is 0.0722. The van der Waals surface area contributed by atoms with E-state index in [1.54, 1.807) is 14.2 Å². The van der Waals surface area contributed by atoms with Gasteiger partial charge in [-0.05, 0) is 0 Å². The summed E-state index contributed by atoms with van der Waals surface area (Å²) in [6.45, 7) is 4.52. The van der Waals surface area contributed by atoms with Crippen molar-refractivity contribution < 1.29 is 28.0 Å². The van der Waals surface area contributed by atoms with Crippen LogP contribution in [0, 0.1) is 0 Å². The van der Waals surface area contributed by atoms with Gasteiger partial charge in [0.15, 0.2) is 8.60 Å². The quantitative estimate of drug-likeness (QED) is 0.340. The van der Waals surface area contributed by atoms with E-state index in [9.17, 15) is 0 Å². The molecular weight excluding hydrogens is 292 g/mol. The Morgan fingerprint density at radius 1 is 0.789 bits per heavy atom. The topological polar surface area (TPSA) is 67.7 Å². The maximum absolute atomic E-state index is 5.23. The monoisotopic (exact) mass is 315 g/mol. The third kappa shape index (κ3) is 18.3. The molecule has 0 fully saturated rings. The highest BCUT2D eigenvalue weighted by atomic mass is 31.1. The molecule has 1 atom stereocenters. The van der Waals surface area contributed by atoms with Crippen molar-refractivity contribution in [2.24, 2.45) is 4.52 Å². The first-order valence-electron chi connectivity index (χ1n) is 5.94. The summed E-state index contributed by atoms with van der Waals surface area (Å²) in [5.41, 5.74) is 0. The highest BCUT2D eigenvalue weighted by Gasteiger charge is 1.90. The van der Waals surface area contributed by atoms with Gasteiger partial charge in [0.2, 0.25) is 0 Å². The summed E-state index contributed by atoms with van der Waals surface area (Å²) in [6.07, 6.45) is 0. The van der Waals surface area contributed by atoms with Gasteiger partial charge in [-0.1, -0.05) is 0 Å². The molecule has 0 aliphatic rings. The van der Waals surface area contributed by atoms with Crippen molar-refractivity contribution in [3.8, 4) is 0 Å². The molecule has 0 bridgehead atoms. The molecular formula is C10H23NO6P2. The SMILES string of the molecule is COCCOCCOP=NPOCCOCCOC. The zero-order valence-corrected chi connectivity index (χ0v) is 13.4. The van der Waals surface area contributed by atoms with E-state index in [1.807, 2.05) is 0 Å². The Bertz CT molecular complexity index is 199. The van der Waals surface area contributed by atoms with Gasteiger partial charge in [0.25, 0.3) is 0 Å². The molecule has 0 aromatic heterocycles. The van der Waals surface area contributed by atoms with E-state index in [0.717, 1.165) is 0 Å². The van der Waals surface area contributed by atoms with Gasteiger partial charge in [0.1, 0.15) is 8.96 Å². The molecule has 19 heavy (non-hydrogen) atoms. The molecule has 0 saturated carbocycles. The molecule has 114 valence electrons. The summed E-state index contributed by atoms with van der Waals surface area (Å²) in [7, 11) is 3.92. The summed E-state index contributed by atoms with van der Waals surface area (Å²) in [4.78, 5) is 0. The van der Waals surface area contributed by atoms with Gasteiger partial charge >= 0.3 is 0 Å². The molecule has 0 rings (SSSR count). The van der Waals surface area contributed by atoms with E-state index in [2.05, 4.69) is 4.52 Å². The second-order valence-corrected chi connectivity index (χ2v) is 4.86. The highest BCUT2D eigenvalue weighted by Crippen LogP contribution is 2.20. The fraction of sp³-hybridized carbons (Fsp3) is 1.00. The number of hydrogen-bond acceptors (Lipinski definition) is 7. The van der Waals surface area contributed by atoms with Gasteiger partial charge in [0, 0.05) is 14.2 Å². The van der Waals surface area contributed by atoms with Crippen molar-refractivity contribution in [1.82, 2.24) is 0 Å². The average Bonchev–Trinajstić information content (AvgIpc) is 2.43. The summed E-state index contributed by atoms with van der Waals surface area (Å²) in [5, 5.41) is 0. The molecule has 0 radical (unpaired) electrons. The second-order valence-electron chi connectivity index (χ2n) is 3.16. The Kier molecular flexibility index (Phi) is 18.6. The Morgan fingerprint density at radius 2 is 1.37 bits per heavy atom. The van der Waals surface area contributed by atoms with Gasteiger partial charge in [-0.15, -0.1) is 0 Å². The van der Waals surface area contributed by atoms with Crippen molar-refractivity contribution in [2.75, 3.05) is 67.1 Å². The number of nitrogens with zero attached hydrogens (tertiary/aromatic N) is 1. The maximum atomic E-state index is 5.23. The van der Waals surface area contributed by atoms with Crippen molar-refractivity contribution in [2.45, 2.75) is 0 Å². The van der Waals surface area contributed by atoms with Crippen LogP contribution < -0.4 is 0 Å². The Hall–Kier alpha value is 0.290. The summed E-state index contributed by atoms with van der Waals surface area (Å²) < 4.78 is 34.6. The molecule has 0 heterocycles. The fourth-order valence-electron chi connectivity index (χ4n) is 0.846. The molecule has 0 N–H and O–H groups in total. The first kappa shape index (κ1) is 19.3. The lowest BCUT2D eigenvalue weighted by atomic mass is 10.7. The van der Waals surface area contributed by atoms with Crippen molar-refractivity contribution in [1.29, 1.82) is 0 Å². The lowest BCUT2D eigenvalue weighted by molar-refractivity contribution is 0.0567. The molecule has 0 aromatic carbocycles. The summed E-state index contributed by atoms with van der Waals surface area (Å²) >= 11 is 0. The molecule has 1 unspecified atom stereocenters. The number of rotatable bonds is 15. The largest absolute Gasteiger partial charge is 0.382 e. The number of ether oxygens (including phenoxy) is 4. The minimum Gasteiger partial charge on any atom is -0.382 e. The normalized spacial score (nSPS) is 12.1. The molecule has 0 aromatic rings. The van der Waals surface area contributed by atoms with Crippen LogP contribution in [-0.2, 0) is 28.0 Å². The highest BCUT2D eigenvalue weighted by molar-refractivity contribution is 7.39. The minimum atomic E-state index is 0.0722. The lowest BCUT2D eigenvalue weighted by Crippen LogP contribution is -2.05. The molecule has 0 amide bonds. The average molecular weight is 315 g/mol.